The van der Waals surface area contributed by atoms with E-state index in [0.29, 0.717) is 41.9 Å². The van der Waals surface area contributed by atoms with E-state index in [9.17, 15) is 14.4 Å². The molecule has 37 heavy (non-hydrogen) atoms. The van der Waals surface area contributed by atoms with Crippen LogP contribution in [0.2, 0.25) is 0 Å². The number of ether oxygens (including phenoxy) is 2. The first kappa shape index (κ1) is 29.9. The van der Waals surface area contributed by atoms with Gasteiger partial charge in [-0.25, -0.2) is 9.59 Å². The van der Waals surface area contributed by atoms with Gasteiger partial charge >= 0.3 is 11.9 Å². The Labute approximate surface area is 221 Å². The van der Waals surface area contributed by atoms with Crippen LogP contribution in [0.15, 0.2) is 48.5 Å². The molecule has 0 saturated heterocycles. The molecule has 2 saturated carbocycles. The highest BCUT2D eigenvalue weighted by Gasteiger charge is 2.13. The van der Waals surface area contributed by atoms with Gasteiger partial charge in [-0.05, 0) is 88.1 Å². The number of anilines is 2. The highest BCUT2D eigenvalue weighted by atomic mass is 16.5. The standard InChI is InChI=1S/C15H21NO2.C9H11NO2.C6H10O/c1-2-18-15(17)12-8-10-14(11-9-12)16-13-6-4-3-5-7-13;1-2-12-9(11)7-3-5-8(10)6-4-7;7-6-4-2-1-3-5-6/h8-11,13,16H,2-7H2,1H3;3-6H,2,10H2,1H3;1-5H2. The zero-order valence-corrected chi connectivity index (χ0v) is 22.3. The topological polar surface area (TPSA) is 108 Å². The van der Waals surface area contributed by atoms with Crippen LogP contribution in [0.1, 0.15) is 98.8 Å². The number of hydrogen-bond donors (Lipinski definition) is 2. The number of nitrogens with two attached hydrogens (primary N) is 1. The molecule has 0 bridgehead atoms. The number of nitrogens with one attached hydrogen (secondary N) is 1. The summed E-state index contributed by atoms with van der Waals surface area (Å²) in [4.78, 5) is 33.1. The van der Waals surface area contributed by atoms with Gasteiger partial charge in [0.2, 0.25) is 0 Å². The highest BCUT2D eigenvalue weighted by Crippen LogP contribution is 2.22. The van der Waals surface area contributed by atoms with Crippen LogP contribution in [-0.4, -0.2) is 37.0 Å². The monoisotopic (exact) mass is 510 g/mol. The van der Waals surface area contributed by atoms with E-state index in [1.165, 1.54) is 38.5 Å². The number of rotatable bonds is 6. The average Bonchev–Trinajstić information content (AvgIpc) is 2.92. The predicted molar refractivity (Wildman–Crippen MR) is 148 cm³/mol. The highest BCUT2D eigenvalue weighted by molar-refractivity contribution is 5.90. The first-order valence-electron chi connectivity index (χ1n) is 13.5. The van der Waals surface area contributed by atoms with Crippen molar-refractivity contribution < 1.29 is 23.9 Å². The Morgan fingerprint density at radius 3 is 1.65 bits per heavy atom. The second-order valence-corrected chi connectivity index (χ2v) is 9.22. The Hall–Kier alpha value is -3.35. The molecule has 2 fully saturated rings. The summed E-state index contributed by atoms with van der Waals surface area (Å²) in [6, 6.07) is 14.8. The third-order valence-corrected chi connectivity index (χ3v) is 6.21. The number of carbonyl (C=O) groups is 3. The van der Waals surface area contributed by atoms with E-state index in [1.807, 2.05) is 31.2 Å². The smallest absolute Gasteiger partial charge is 0.338 e. The maximum absolute atomic E-state index is 11.5. The Morgan fingerprint density at radius 1 is 0.757 bits per heavy atom. The number of carbonyl (C=O) groups excluding carboxylic acids is 3. The van der Waals surface area contributed by atoms with Crippen LogP contribution in [-0.2, 0) is 14.3 Å². The summed E-state index contributed by atoms with van der Waals surface area (Å²) in [5, 5.41) is 3.53. The van der Waals surface area contributed by atoms with Crippen LogP contribution in [0.5, 0.6) is 0 Å². The molecule has 0 radical (unpaired) electrons. The zero-order chi connectivity index (χ0) is 26.9. The summed E-state index contributed by atoms with van der Waals surface area (Å²) >= 11 is 0. The minimum atomic E-state index is -0.308. The van der Waals surface area contributed by atoms with Gasteiger partial charge < -0.3 is 20.5 Å². The number of esters is 2. The Bertz CT molecular complexity index is 943. The molecule has 7 heteroatoms. The molecule has 4 rings (SSSR count). The van der Waals surface area contributed by atoms with Crippen LogP contribution >= 0.6 is 0 Å². The van der Waals surface area contributed by atoms with Crippen LogP contribution in [0, 0.1) is 0 Å². The molecule has 2 aromatic rings. The van der Waals surface area contributed by atoms with Gasteiger partial charge in [0.15, 0.2) is 0 Å². The van der Waals surface area contributed by atoms with E-state index in [-0.39, 0.29) is 11.9 Å². The third kappa shape index (κ3) is 12.0. The zero-order valence-electron chi connectivity index (χ0n) is 22.3. The van der Waals surface area contributed by atoms with Gasteiger partial charge in [-0.1, -0.05) is 25.7 Å². The van der Waals surface area contributed by atoms with Crippen molar-refractivity contribution in [3.63, 3.8) is 0 Å². The van der Waals surface area contributed by atoms with Crippen LogP contribution in [0.3, 0.4) is 0 Å². The Morgan fingerprint density at radius 2 is 1.22 bits per heavy atom. The summed E-state index contributed by atoms with van der Waals surface area (Å²) in [5.74, 6) is -0.0922. The summed E-state index contributed by atoms with van der Waals surface area (Å²) in [6.07, 6.45) is 11.7. The van der Waals surface area contributed by atoms with Gasteiger partial charge in [0, 0.05) is 30.3 Å². The number of nitrogen functional groups attached to an aromatic ring is 1. The summed E-state index contributed by atoms with van der Waals surface area (Å²) in [5.41, 5.74) is 8.33. The molecule has 0 amide bonds. The second-order valence-electron chi connectivity index (χ2n) is 9.22. The van der Waals surface area contributed by atoms with Crippen molar-refractivity contribution in [3.05, 3.63) is 59.7 Å². The first-order chi connectivity index (χ1) is 17.9. The second kappa shape index (κ2) is 17.2. The molecule has 0 aliphatic heterocycles. The summed E-state index contributed by atoms with van der Waals surface area (Å²) < 4.78 is 9.75. The fourth-order valence-electron chi connectivity index (χ4n) is 4.18. The van der Waals surface area contributed by atoms with Crippen molar-refractivity contribution in [2.75, 3.05) is 24.3 Å². The molecule has 3 N–H and O–H groups in total. The van der Waals surface area contributed by atoms with E-state index in [0.717, 1.165) is 31.4 Å². The summed E-state index contributed by atoms with van der Waals surface area (Å²) in [7, 11) is 0. The van der Waals surface area contributed by atoms with E-state index < -0.39 is 0 Å². The van der Waals surface area contributed by atoms with Gasteiger partial charge in [0.05, 0.1) is 24.3 Å². The quantitative estimate of drug-likeness (QED) is 0.334. The predicted octanol–water partition coefficient (Wildman–Crippen LogP) is 6.57. The van der Waals surface area contributed by atoms with Crippen molar-refractivity contribution in [2.45, 2.75) is 84.1 Å². The molecule has 0 heterocycles. The molecule has 7 nitrogen and oxygen atoms in total. The van der Waals surface area contributed by atoms with Crippen molar-refractivity contribution in [2.24, 2.45) is 0 Å². The third-order valence-electron chi connectivity index (χ3n) is 6.21. The molecule has 2 aliphatic rings. The molecular weight excluding hydrogens is 468 g/mol. The lowest BCUT2D eigenvalue weighted by atomic mass is 9.95. The molecule has 2 aliphatic carbocycles. The Balaban J connectivity index is 0.000000217. The average molecular weight is 511 g/mol. The number of Topliss-reactive ketones (excluding diaryl/α,β-unsaturated/α-hetero) is 1. The molecule has 2 aromatic carbocycles. The van der Waals surface area contributed by atoms with Crippen LogP contribution < -0.4 is 11.1 Å². The lowest BCUT2D eigenvalue weighted by Crippen LogP contribution is -2.22. The van der Waals surface area contributed by atoms with Crippen LogP contribution in [0.4, 0.5) is 11.4 Å². The molecule has 0 spiro atoms. The Kier molecular flexibility index (Phi) is 13.9. The maximum atomic E-state index is 11.5. The van der Waals surface area contributed by atoms with E-state index >= 15 is 0 Å². The minimum absolute atomic E-state index is 0.248. The molecular formula is C30H42N2O5. The van der Waals surface area contributed by atoms with Crippen LogP contribution in [0.25, 0.3) is 0 Å². The van der Waals surface area contributed by atoms with Crippen molar-refractivity contribution in [1.82, 2.24) is 0 Å². The molecule has 0 aromatic heterocycles. The number of benzene rings is 2. The lowest BCUT2D eigenvalue weighted by Gasteiger charge is -2.23. The van der Waals surface area contributed by atoms with Crippen molar-refractivity contribution >= 4 is 29.1 Å². The van der Waals surface area contributed by atoms with Gasteiger partial charge in [-0.2, -0.15) is 0 Å². The molecule has 0 unspecified atom stereocenters. The lowest BCUT2D eigenvalue weighted by molar-refractivity contribution is -0.120. The molecule has 202 valence electrons. The van der Waals surface area contributed by atoms with Gasteiger partial charge in [0.25, 0.3) is 0 Å². The maximum Gasteiger partial charge on any atom is 0.338 e. The van der Waals surface area contributed by atoms with Gasteiger partial charge in [0.1, 0.15) is 5.78 Å². The fraction of sp³-hybridized carbons (Fsp3) is 0.500. The SMILES string of the molecule is CCOC(=O)c1ccc(N)cc1.CCOC(=O)c1ccc(NC2CCCCC2)cc1.O=C1CCCCC1. The van der Waals surface area contributed by atoms with E-state index in [1.54, 1.807) is 31.2 Å². The van der Waals surface area contributed by atoms with E-state index in [4.69, 9.17) is 15.2 Å². The first-order valence-corrected chi connectivity index (χ1v) is 13.5. The van der Waals surface area contributed by atoms with Crippen molar-refractivity contribution in [1.29, 1.82) is 0 Å². The normalized spacial score (nSPS) is 15.2. The number of ketones is 1. The van der Waals surface area contributed by atoms with Gasteiger partial charge in [-0.15, -0.1) is 0 Å². The van der Waals surface area contributed by atoms with E-state index in [2.05, 4.69) is 5.32 Å². The van der Waals surface area contributed by atoms with Crippen molar-refractivity contribution in [3.8, 4) is 0 Å². The fourth-order valence-corrected chi connectivity index (χ4v) is 4.18. The molecule has 0 atom stereocenters. The number of hydrogen-bond acceptors (Lipinski definition) is 7. The van der Waals surface area contributed by atoms with Gasteiger partial charge in [-0.3, -0.25) is 4.79 Å². The summed E-state index contributed by atoms with van der Waals surface area (Å²) in [6.45, 7) is 4.40. The minimum Gasteiger partial charge on any atom is -0.462 e. The largest absolute Gasteiger partial charge is 0.462 e.